The van der Waals surface area contributed by atoms with Crippen molar-refractivity contribution < 1.29 is 14.6 Å². The third-order valence-corrected chi connectivity index (χ3v) is 2.79. The van der Waals surface area contributed by atoms with E-state index in [0.29, 0.717) is 17.2 Å². The smallest absolute Gasteiger partial charge is 0.310 e. The molecule has 1 aliphatic heterocycles. The lowest BCUT2D eigenvalue weighted by molar-refractivity contribution is -0.143. The summed E-state index contributed by atoms with van der Waals surface area (Å²) in [6, 6.07) is 3.75. The number of benzene rings is 1. The number of aliphatic carboxylic acids is 1. The van der Waals surface area contributed by atoms with Crippen molar-refractivity contribution in [1.82, 2.24) is 0 Å². The van der Waals surface area contributed by atoms with E-state index >= 15 is 0 Å². The molecule has 1 aromatic rings. The van der Waals surface area contributed by atoms with Crippen LogP contribution in [0, 0.1) is 12.8 Å². The molecule has 1 atom stereocenters. The Labute approximate surface area is 92.6 Å². The predicted molar refractivity (Wildman–Crippen MR) is 56.5 cm³/mol. The molecule has 0 bridgehead atoms. The lowest BCUT2D eigenvalue weighted by Gasteiger charge is -2.23. The fourth-order valence-electron chi connectivity index (χ4n) is 1.78. The van der Waals surface area contributed by atoms with Crippen LogP contribution in [0.2, 0.25) is 5.02 Å². The summed E-state index contributed by atoms with van der Waals surface area (Å²) < 4.78 is 5.37. The van der Waals surface area contributed by atoms with Crippen LogP contribution in [-0.4, -0.2) is 17.7 Å². The van der Waals surface area contributed by atoms with Gasteiger partial charge in [-0.15, -0.1) is 0 Å². The number of carboxylic acids is 1. The lowest BCUT2D eigenvalue weighted by Crippen LogP contribution is -2.28. The van der Waals surface area contributed by atoms with Gasteiger partial charge in [-0.05, 0) is 30.5 Å². The number of rotatable bonds is 1. The molecule has 0 spiro atoms. The van der Waals surface area contributed by atoms with E-state index in [1.54, 1.807) is 0 Å². The maximum absolute atomic E-state index is 10.8. The number of hydrogen-bond donors (Lipinski definition) is 1. The quantitative estimate of drug-likeness (QED) is 0.799. The Hall–Kier alpha value is -1.22. The van der Waals surface area contributed by atoms with E-state index < -0.39 is 11.9 Å². The molecule has 0 radical (unpaired) electrons. The summed E-state index contributed by atoms with van der Waals surface area (Å²) in [4.78, 5) is 10.8. The molecule has 1 N–H and O–H groups in total. The number of halogens is 1. The molecule has 0 fully saturated rings. The van der Waals surface area contributed by atoms with E-state index in [-0.39, 0.29) is 6.61 Å². The molecule has 0 aliphatic carbocycles. The Kier molecular flexibility index (Phi) is 2.57. The molecule has 0 saturated carbocycles. The van der Waals surface area contributed by atoms with Gasteiger partial charge in [0.15, 0.2) is 0 Å². The van der Waals surface area contributed by atoms with Crippen LogP contribution < -0.4 is 4.74 Å². The minimum Gasteiger partial charge on any atom is -0.491 e. The van der Waals surface area contributed by atoms with Gasteiger partial charge in [0.05, 0.1) is 10.9 Å². The van der Waals surface area contributed by atoms with Crippen LogP contribution in [0.4, 0.5) is 0 Å². The standard InChI is InChI=1S/C11H11ClO3/c1-6-2-7-4-8(11(13)14)5-15-10(7)9(12)3-6/h2-3,8H,4-5H2,1H3,(H,13,14)/t8-/m1/s1. The summed E-state index contributed by atoms with van der Waals surface area (Å²) in [7, 11) is 0. The number of fused-ring (bicyclic) bond motifs is 1. The Morgan fingerprint density at radius 2 is 2.33 bits per heavy atom. The van der Waals surface area contributed by atoms with Gasteiger partial charge in [0.2, 0.25) is 0 Å². The van der Waals surface area contributed by atoms with Gasteiger partial charge in [0.25, 0.3) is 0 Å². The van der Waals surface area contributed by atoms with E-state index in [9.17, 15) is 4.79 Å². The molecule has 80 valence electrons. The van der Waals surface area contributed by atoms with Crippen LogP contribution in [-0.2, 0) is 11.2 Å². The average molecular weight is 227 g/mol. The van der Waals surface area contributed by atoms with Gasteiger partial charge in [-0.3, -0.25) is 4.79 Å². The number of carboxylic acid groups (broad SMARTS) is 1. The van der Waals surface area contributed by atoms with Crippen molar-refractivity contribution in [3.05, 3.63) is 28.3 Å². The molecule has 1 heterocycles. The van der Waals surface area contributed by atoms with Gasteiger partial charge in [-0.1, -0.05) is 17.7 Å². The van der Waals surface area contributed by atoms with Gasteiger partial charge in [0, 0.05) is 0 Å². The second kappa shape index (κ2) is 3.74. The SMILES string of the molecule is Cc1cc(Cl)c2c(c1)C[C@@H](C(=O)O)CO2. The minimum atomic E-state index is -0.821. The van der Waals surface area contributed by atoms with E-state index in [4.69, 9.17) is 21.4 Å². The van der Waals surface area contributed by atoms with Crippen LogP contribution in [0.1, 0.15) is 11.1 Å². The number of carbonyl (C=O) groups is 1. The third-order valence-electron chi connectivity index (χ3n) is 2.51. The van der Waals surface area contributed by atoms with Crippen molar-refractivity contribution in [3.8, 4) is 5.75 Å². The Morgan fingerprint density at radius 1 is 1.60 bits per heavy atom. The summed E-state index contributed by atoms with van der Waals surface area (Å²) in [6.07, 6.45) is 0.492. The molecule has 3 nitrogen and oxygen atoms in total. The van der Waals surface area contributed by atoms with Crippen molar-refractivity contribution in [3.63, 3.8) is 0 Å². The third kappa shape index (κ3) is 1.92. The molecule has 0 amide bonds. The molecule has 0 unspecified atom stereocenters. The van der Waals surface area contributed by atoms with E-state index in [2.05, 4.69) is 0 Å². The molecule has 1 aliphatic rings. The van der Waals surface area contributed by atoms with Gasteiger partial charge in [-0.2, -0.15) is 0 Å². The summed E-state index contributed by atoms with van der Waals surface area (Å²) >= 11 is 6.00. The Balaban J connectivity index is 2.37. The van der Waals surface area contributed by atoms with Gasteiger partial charge in [-0.25, -0.2) is 0 Å². The fraction of sp³-hybridized carbons (Fsp3) is 0.364. The first-order chi connectivity index (χ1) is 7.08. The molecule has 0 aromatic heterocycles. The molecule has 0 saturated heterocycles. The molecule has 4 heteroatoms. The monoisotopic (exact) mass is 226 g/mol. The highest BCUT2D eigenvalue weighted by molar-refractivity contribution is 6.32. The summed E-state index contributed by atoms with van der Waals surface area (Å²) in [6.45, 7) is 2.13. The molecule has 15 heavy (non-hydrogen) atoms. The zero-order valence-corrected chi connectivity index (χ0v) is 9.04. The normalized spacial score (nSPS) is 19.2. The van der Waals surface area contributed by atoms with E-state index in [1.165, 1.54) is 0 Å². The van der Waals surface area contributed by atoms with Gasteiger partial charge < -0.3 is 9.84 Å². The first kappa shape index (κ1) is 10.3. The largest absolute Gasteiger partial charge is 0.491 e. The Bertz CT molecular complexity index is 415. The maximum atomic E-state index is 10.8. The maximum Gasteiger partial charge on any atom is 0.310 e. The summed E-state index contributed by atoms with van der Waals surface area (Å²) in [5.41, 5.74) is 1.91. The van der Waals surface area contributed by atoms with Crippen molar-refractivity contribution in [2.45, 2.75) is 13.3 Å². The summed E-state index contributed by atoms with van der Waals surface area (Å²) in [5.74, 6) is -0.645. The van der Waals surface area contributed by atoms with Crippen LogP contribution in [0.25, 0.3) is 0 Å². The van der Waals surface area contributed by atoms with Gasteiger partial charge in [0.1, 0.15) is 12.4 Å². The highest BCUT2D eigenvalue weighted by Gasteiger charge is 2.26. The molecule has 2 rings (SSSR count). The fourth-order valence-corrected chi connectivity index (χ4v) is 2.13. The van der Waals surface area contributed by atoms with Crippen molar-refractivity contribution in [2.24, 2.45) is 5.92 Å². The molecular formula is C11H11ClO3. The van der Waals surface area contributed by atoms with Crippen molar-refractivity contribution in [2.75, 3.05) is 6.61 Å². The zero-order valence-electron chi connectivity index (χ0n) is 8.29. The highest BCUT2D eigenvalue weighted by Crippen LogP contribution is 2.35. The molecule has 1 aromatic carbocycles. The lowest BCUT2D eigenvalue weighted by atomic mass is 9.96. The minimum absolute atomic E-state index is 0.200. The van der Waals surface area contributed by atoms with Crippen LogP contribution in [0.15, 0.2) is 12.1 Å². The van der Waals surface area contributed by atoms with Crippen LogP contribution >= 0.6 is 11.6 Å². The first-order valence-corrected chi connectivity index (χ1v) is 5.10. The Morgan fingerprint density at radius 3 is 3.00 bits per heavy atom. The number of ether oxygens (including phenoxy) is 1. The van der Waals surface area contributed by atoms with Crippen molar-refractivity contribution in [1.29, 1.82) is 0 Å². The second-order valence-corrected chi connectivity index (χ2v) is 4.19. The van der Waals surface area contributed by atoms with Gasteiger partial charge >= 0.3 is 5.97 Å². The zero-order chi connectivity index (χ0) is 11.0. The summed E-state index contributed by atoms with van der Waals surface area (Å²) in [5, 5.41) is 9.45. The predicted octanol–water partition coefficient (Wildman–Crippen LogP) is 2.28. The van der Waals surface area contributed by atoms with Crippen LogP contribution in [0.3, 0.4) is 0 Å². The topological polar surface area (TPSA) is 46.5 Å². The van der Waals surface area contributed by atoms with Crippen LogP contribution in [0.5, 0.6) is 5.75 Å². The first-order valence-electron chi connectivity index (χ1n) is 4.72. The van der Waals surface area contributed by atoms with Crippen molar-refractivity contribution >= 4 is 17.6 Å². The number of hydrogen-bond acceptors (Lipinski definition) is 2. The average Bonchev–Trinajstić information content (AvgIpc) is 2.16. The number of aryl methyl sites for hydroxylation is 1. The second-order valence-electron chi connectivity index (χ2n) is 3.79. The molecular weight excluding hydrogens is 216 g/mol. The highest BCUT2D eigenvalue weighted by atomic mass is 35.5. The van der Waals surface area contributed by atoms with E-state index in [0.717, 1.165) is 11.1 Å². The van der Waals surface area contributed by atoms with E-state index in [1.807, 2.05) is 19.1 Å².